The standard InChI is InChI=1S/C14H20O3/c1-4-5-13(15)12-8-11(6-7-14(12)16)17-9-10(2)3/h6-8,10,16H,4-5,9H2,1-3H3. The van der Waals surface area contributed by atoms with Crippen LogP contribution in [-0.4, -0.2) is 17.5 Å². The Balaban J connectivity index is 2.82. The zero-order chi connectivity index (χ0) is 12.8. The van der Waals surface area contributed by atoms with Gasteiger partial charge in [0.05, 0.1) is 12.2 Å². The van der Waals surface area contributed by atoms with Gasteiger partial charge >= 0.3 is 0 Å². The zero-order valence-electron chi connectivity index (χ0n) is 10.7. The van der Waals surface area contributed by atoms with Gasteiger partial charge in [-0.1, -0.05) is 20.8 Å². The summed E-state index contributed by atoms with van der Waals surface area (Å²) in [6.45, 7) is 6.66. The van der Waals surface area contributed by atoms with Gasteiger partial charge < -0.3 is 9.84 Å². The highest BCUT2D eigenvalue weighted by molar-refractivity contribution is 5.98. The van der Waals surface area contributed by atoms with E-state index in [9.17, 15) is 9.90 Å². The summed E-state index contributed by atoms with van der Waals surface area (Å²) in [6.07, 6.45) is 1.22. The number of aromatic hydroxyl groups is 1. The fourth-order valence-corrected chi connectivity index (χ4v) is 1.45. The minimum Gasteiger partial charge on any atom is -0.507 e. The van der Waals surface area contributed by atoms with Crippen molar-refractivity contribution < 1.29 is 14.6 Å². The van der Waals surface area contributed by atoms with Gasteiger partial charge in [-0.15, -0.1) is 0 Å². The lowest BCUT2D eigenvalue weighted by atomic mass is 10.1. The van der Waals surface area contributed by atoms with E-state index in [2.05, 4.69) is 13.8 Å². The molecule has 0 amide bonds. The van der Waals surface area contributed by atoms with E-state index < -0.39 is 0 Å². The van der Waals surface area contributed by atoms with Gasteiger partial charge in [-0.25, -0.2) is 0 Å². The molecule has 0 unspecified atom stereocenters. The molecule has 17 heavy (non-hydrogen) atoms. The predicted octanol–water partition coefficient (Wildman–Crippen LogP) is 3.41. The Morgan fingerprint density at radius 2 is 2.12 bits per heavy atom. The Hall–Kier alpha value is -1.51. The van der Waals surface area contributed by atoms with Crippen LogP contribution in [0, 0.1) is 5.92 Å². The van der Waals surface area contributed by atoms with E-state index in [0.717, 1.165) is 6.42 Å². The summed E-state index contributed by atoms with van der Waals surface area (Å²) in [5.74, 6) is 1.05. The number of benzene rings is 1. The van der Waals surface area contributed by atoms with E-state index in [1.807, 2.05) is 6.92 Å². The summed E-state index contributed by atoms with van der Waals surface area (Å²) < 4.78 is 5.53. The highest BCUT2D eigenvalue weighted by Gasteiger charge is 2.11. The Morgan fingerprint density at radius 1 is 1.41 bits per heavy atom. The number of phenols is 1. The number of ketones is 1. The second-order valence-corrected chi connectivity index (χ2v) is 4.56. The fourth-order valence-electron chi connectivity index (χ4n) is 1.45. The number of ether oxygens (including phenoxy) is 1. The number of rotatable bonds is 6. The van der Waals surface area contributed by atoms with Crippen molar-refractivity contribution in [3.8, 4) is 11.5 Å². The molecule has 0 fully saturated rings. The van der Waals surface area contributed by atoms with Crippen LogP contribution >= 0.6 is 0 Å². The van der Waals surface area contributed by atoms with Gasteiger partial charge in [0.1, 0.15) is 11.5 Å². The Kier molecular flexibility index (Phi) is 5.01. The van der Waals surface area contributed by atoms with Crippen molar-refractivity contribution in [1.29, 1.82) is 0 Å². The highest BCUT2D eigenvalue weighted by Crippen LogP contribution is 2.25. The molecule has 0 saturated heterocycles. The summed E-state index contributed by atoms with van der Waals surface area (Å²) in [7, 11) is 0. The monoisotopic (exact) mass is 236 g/mol. The molecule has 0 radical (unpaired) electrons. The summed E-state index contributed by atoms with van der Waals surface area (Å²) in [5, 5.41) is 9.63. The van der Waals surface area contributed by atoms with Crippen molar-refractivity contribution in [3.63, 3.8) is 0 Å². The molecular weight excluding hydrogens is 216 g/mol. The molecular formula is C14H20O3. The summed E-state index contributed by atoms with van der Waals surface area (Å²) in [5.41, 5.74) is 0.355. The minimum absolute atomic E-state index is 0.0281. The molecule has 0 aliphatic heterocycles. The zero-order valence-corrected chi connectivity index (χ0v) is 10.7. The first-order valence-corrected chi connectivity index (χ1v) is 6.03. The lowest BCUT2D eigenvalue weighted by Crippen LogP contribution is -2.05. The van der Waals surface area contributed by atoms with Gasteiger partial charge in [0.25, 0.3) is 0 Å². The van der Waals surface area contributed by atoms with Crippen LogP contribution in [0.2, 0.25) is 0 Å². The molecule has 0 spiro atoms. The van der Waals surface area contributed by atoms with Crippen LogP contribution in [0.25, 0.3) is 0 Å². The number of carbonyl (C=O) groups is 1. The third-order valence-electron chi connectivity index (χ3n) is 2.33. The molecule has 1 rings (SSSR count). The van der Waals surface area contributed by atoms with Gasteiger partial charge in [0, 0.05) is 6.42 Å². The van der Waals surface area contributed by atoms with Crippen LogP contribution in [0.4, 0.5) is 0 Å². The molecule has 0 atom stereocenters. The largest absolute Gasteiger partial charge is 0.507 e. The maximum absolute atomic E-state index is 11.7. The lowest BCUT2D eigenvalue weighted by Gasteiger charge is -2.10. The molecule has 1 N–H and O–H groups in total. The molecule has 0 aliphatic carbocycles. The molecule has 3 heteroatoms. The van der Waals surface area contributed by atoms with Crippen LogP contribution in [0.15, 0.2) is 18.2 Å². The van der Waals surface area contributed by atoms with E-state index in [-0.39, 0.29) is 11.5 Å². The maximum Gasteiger partial charge on any atom is 0.166 e. The van der Waals surface area contributed by atoms with Crippen molar-refractivity contribution in [2.24, 2.45) is 5.92 Å². The van der Waals surface area contributed by atoms with Crippen molar-refractivity contribution in [3.05, 3.63) is 23.8 Å². The number of carbonyl (C=O) groups excluding carboxylic acids is 1. The van der Waals surface area contributed by atoms with Gasteiger partial charge in [0.2, 0.25) is 0 Å². The summed E-state index contributed by atoms with van der Waals surface area (Å²) >= 11 is 0. The fraction of sp³-hybridized carbons (Fsp3) is 0.500. The van der Waals surface area contributed by atoms with Crippen LogP contribution < -0.4 is 4.74 Å². The van der Waals surface area contributed by atoms with E-state index in [4.69, 9.17) is 4.74 Å². The number of hydrogen-bond acceptors (Lipinski definition) is 3. The average Bonchev–Trinajstić information content (AvgIpc) is 2.28. The van der Waals surface area contributed by atoms with Crippen LogP contribution in [0.5, 0.6) is 11.5 Å². The normalized spacial score (nSPS) is 10.6. The second-order valence-electron chi connectivity index (χ2n) is 4.56. The van der Waals surface area contributed by atoms with Crippen molar-refractivity contribution in [1.82, 2.24) is 0 Å². The van der Waals surface area contributed by atoms with Gasteiger partial charge in [-0.05, 0) is 30.5 Å². The van der Waals surface area contributed by atoms with Crippen molar-refractivity contribution >= 4 is 5.78 Å². The Morgan fingerprint density at radius 3 is 2.71 bits per heavy atom. The van der Waals surface area contributed by atoms with E-state index in [1.54, 1.807) is 12.1 Å². The molecule has 1 aromatic carbocycles. The van der Waals surface area contributed by atoms with Crippen LogP contribution in [0.3, 0.4) is 0 Å². The van der Waals surface area contributed by atoms with Crippen molar-refractivity contribution in [2.45, 2.75) is 33.6 Å². The molecule has 0 aromatic heterocycles. The first-order chi connectivity index (χ1) is 8.04. The number of phenolic OH excluding ortho intramolecular Hbond substituents is 1. The minimum atomic E-state index is -0.0417. The quantitative estimate of drug-likeness (QED) is 0.770. The molecule has 0 heterocycles. The van der Waals surface area contributed by atoms with Gasteiger partial charge in [0.15, 0.2) is 5.78 Å². The number of hydrogen-bond donors (Lipinski definition) is 1. The first kappa shape index (κ1) is 13.6. The van der Waals surface area contributed by atoms with E-state index in [0.29, 0.717) is 30.3 Å². The van der Waals surface area contributed by atoms with Crippen LogP contribution in [0.1, 0.15) is 44.0 Å². The Labute approximate surface area is 102 Å². The average molecular weight is 236 g/mol. The number of Topliss-reactive ketones (excluding diaryl/α,β-unsaturated/α-hetero) is 1. The first-order valence-electron chi connectivity index (χ1n) is 6.03. The molecule has 94 valence electrons. The van der Waals surface area contributed by atoms with E-state index in [1.165, 1.54) is 6.07 Å². The third-order valence-corrected chi connectivity index (χ3v) is 2.33. The van der Waals surface area contributed by atoms with Crippen LogP contribution in [-0.2, 0) is 0 Å². The Bertz CT molecular complexity index is 383. The van der Waals surface area contributed by atoms with Gasteiger partial charge in [-0.3, -0.25) is 4.79 Å². The topological polar surface area (TPSA) is 46.5 Å². The smallest absolute Gasteiger partial charge is 0.166 e. The molecule has 3 nitrogen and oxygen atoms in total. The maximum atomic E-state index is 11.7. The van der Waals surface area contributed by atoms with Gasteiger partial charge in [-0.2, -0.15) is 0 Å². The third kappa shape index (κ3) is 4.10. The summed E-state index contributed by atoms with van der Waals surface area (Å²) in [6, 6.07) is 4.81. The molecule has 0 saturated carbocycles. The van der Waals surface area contributed by atoms with E-state index >= 15 is 0 Å². The lowest BCUT2D eigenvalue weighted by molar-refractivity contribution is 0.0978. The summed E-state index contributed by atoms with van der Waals surface area (Å²) in [4.78, 5) is 11.7. The SMILES string of the molecule is CCCC(=O)c1cc(OCC(C)C)ccc1O. The second kappa shape index (κ2) is 6.28. The predicted molar refractivity (Wildman–Crippen MR) is 67.7 cm³/mol. The highest BCUT2D eigenvalue weighted by atomic mass is 16.5. The molecule has 1 aromatic rings. The molecule has 0 aliphatic rings. The molecule has 0 bridgehead atoms. The van der Waals surface area contributed by atoms with Crippen molar-refractivity contribution in [2.75, 3.05) is 6.61 Å².